The molecule has 0 unspecified atom stereocenters. The van der Waals surface area contributed by atoms with Crippen molar-refractivity contribution in [1.29, 1.82) is 0 Å². The van der Waals surface area contributed by atoms with Gasteiger partial charge in [0.2, 0.25) is 0 Å². The number of fused-ring (bicyclic) bond motifs is 1. The lowest BCUT2D eigenvalue weighted by atomic mass is 9.94. The lowest BCUT2D eigenvalue weighted by molar-refractivity contribution is -0.384. The minimum absolute atomic E-state index is 0.00561. The van der Waals surface area contributed by atoms with Gasteiger partial charge in [-0.15, -0.1) is 0 Å². The Bertz CT molecular complexity index is 1010. The van der Waals surface area contributed by atoms with Crippen LogP contribution >= 0.6 is 0 Å². The summed E-state index contributed by atoms with van der Waals surface area (Å²) in [7, 11) is 0. The van der Waals surface area contributed by atoms with Crippen molar-refractivity contribution in [3.63, 3.8) is 0 Å². The SMILES string of the molecule is CC1=C(C(=O)OC(C)C)[C@H](c2cccc([N+](=O)[O-])c2)n2cnc(C(N)=O)c2N1. The van der Waals surface area contributed by atoms with Crippen LogP contribution in [0.2, 0.25) is 0 Å². The first kappa shape index (κ1) is 19.1. The smallest absolute Gasteiger partial charge is 0.338 e. The van der Waals surface area contributed by atoms with Crippen LogP contribution < -0.4 is 11.1 Å². The Morgan fingerprint density at radius 1 is 1.39 bits per heavy atom. The number of benzene rings is 1. The number of esters is 1. The summed E-state index contributed by atoms with van der Waals surface area (Å²) in [4.78, 5) is 39.2. The average Bonchev–Trinajstić information content (AvgIpc) is 3.03. The van der Waals surface area contributed by atoms with E-state index in [1.165, 1.54) is 24.5 Å². The topological polar surface area (TPSA) is 142 Å². The molecule has 1 amide bonds. The maximum Gasteiger partial charge on any atom is 0.338 e. The third-order valence-corrected chi connectivity index (χ3v) is 4.25. The van der Waals surface area contributed by atoms with Crippen molar-refractivity contribution in [3.8, 4) is 0 Å². The summed E-state index contributed by atoms with van der Waals surface area (Å²) in [5, 5.41) is 14.2. The quantitative estimate of drug-likeness (QED) is 0.456. The molecule has 2 heterocycles. The van der Waals surface area contributed by atoms with E-state index < -0.39 is 22.8 Å². The number of nitrogens with one attached hydrogen (secondary N) is 1. The number of nitro groups is 1. The van der Waals surface area contributed by atoms with Crippen LogP contribution in [0.25, 0.3) is 0 Å². The molecule has 0 saturated heterocycles. The molecule has 1 aromatic carbocycles. The van der Waals surface area contributed by atoms with Crippen molar-refractivity contribution in [2.45, 2.75) is 32.9 Å². The van der Waals surface area contributed by atoms with E-state index in [2.05, 4.69) is 10.3 Å². The number of allylic oxidation sites excluding steroid dienone is 1. The van der Waals surface area contributed by atoms with Gasteiger partial charge in [-0.2, -0.15) is 0 Å². The van der Waals surface area contributed by atoms with E-state index in [4.69, 9.17) is 10.5 Å². The van der Waals surface area contributed by atoms with E-state index >= 15 is 0 Å². The van der Waals surface area contributed by atoms with Crippen LogP contribution in [-0.4, -0.2) is 32.5 Å². The van der Waals surface area contributed by atoms with Crippen LogP contribution in [0.1, 0.15) is 42.9 Å². The highest BCUT2D eigenvalue weighted by Crippen LogP contribution is 2.38. The monoisotopic (exact) mass is 385 g/mol. The molecule has 0 bridgehead atoms. The highest BCUT2D eigenvalue weighted by atomic mass is 16.6. The molecular weight excluding hydrogens is 366 g/mol. The second-order valence-electron chi connectivity index (χ2n) is 6.59. The zero-order valence-corrected chi connectivity index (χ0v) is 15.5. The first-order valence-electron chi connectivity index (χ1n) is 8.50. The summed E-state index contributed by atoms with van der Waals surface area (Å²) in [5.41, 5.74) is 6.44. The van der Waals surface area contributed by atoms with Gasteiger partial charge in [0.25, 0.3) is 11.6 Å². The second-order valence-corrected chi connectivity index (χ2v) is 6.59. The van der Waals surface area contributed by atoms with Crippen molar-refractivity contribution < 1.29 is 19.2 Å². The number of rotatable bonds is 5. The highest BCUT2D eigenvalue weighted by Gasteiger charge is 2.36. The highest BCUT2D eigenvalue weighted by molar-refractivity contribution is 5.98. The van der Waals surface area contributed by atoms with Gasteiger partial charge < -0.3 is 20.4 Å². The maximum absolute atomic E-state index is 12.8. The molecule has 3 N–H and O–H groups in total. The lowest BCUT2D eigenvalue weighted by Gasteiger charge is -2.30. The minimum atomic E-state index is -0.775. The summed E-state index contributed by atoms with van der Waals surface area (Å²) >= 11 is 0. The number of aromatic nitrogens is 2. The average molecular weight is 385 g/mol. The molecule has 0 saturated carbocycles. The third kappa shape index (κ3) is 3.31. The number of nitrogens with zero attached hydrogens (tertiary/aromatic N) is 3. The summed E-state index contributed by atoms with van der Waals surface area (Å²) in [6, 6.07) is 5.15. The lowest BCUT2D eigenvalue weighted by Crippen LogP contribution is -2.30. The predicted molar refractivity (Wildman–Crippen MR) is 99.5 cm³/mol. The van der Waals surface area contributed by atoms with Gasteiger partial charge >= 0.3 is 5.97 Å². The molecule has 146 valence electrons. The molecule has 2 aromatic rings. The third-order valence-electron chi connectivity index (χ3n) is 4.25. The Morgan fingerprint density at radius 2 is 2.11 bits per heavy atom. The largest absolute Gasteiger partial charge is 0.459 e. The van der Waals surface area contributed by atoms with Gasteiger partial charge in [0.1, 0.15) is 5.82 Å². The molecule has 0 fully saturated rings. The van der Waals surface area contributed by atoms with Crippen molar-refractivity contribution in [3.05, 3.63) is 63.2 Å². The van der Waals surface area contributed by atoms with Crippen molar-refractivity contribution >= 4 is 23.4 Å². The van der Waals surface area contributed by atoms with E-state index in [1.54, 1.807) is 31.4 Å². The number of nitrogens with two attached hydrogens (primary N) is 1. The van der Waals surface area contributed by atoms with Crippen LogP contribution in [0.15, 0.2) is 41.9 Å². The fourth-order valence-corrected chi connectivity index (χ4v) is 3.13. The number of carbonyl (C=O) groups excluding carboxylic acids is 2. The zero-order valence-electron chi connectivity index (χ0n) is 15.5. The number of imidazole rings is 1. The molecule has 1 aliphatic heterocycles. The molecule has 1 aromatic heterocycles. The number of hydrogen-bond donors (Lipinski definition) is 2. The fraction of sp³-hybridized carbons (Fsp3) is 0.278. The molecule has 1 aliphatic rings. The Morgan fingerprint density at radius 3 is 2.71 bits per heavy atom. The maximum atomic E-state index is 12.8. The van der Waals surface area contributed by atoms with E-state index in [9.17, 15) is 19.7 Å². The molecule has 10 nitrogen and oxygen atoms in total. The van der Waals surface area contributed by atoms with Crippen molar-refractivity contribution in [1.82, 2.24) is 9.55 Å². The summed E-state index contributed by atoms with van der Waals surface area (Å²) in [6.45, 7) is 5.10. The number of non-ortho nitro benzene ring substituents is 1. The minimum Gasteiger partial charge on any atom is -0.459 e. The van der Waals surface area contributed by atoms with Crippen LogP contribution in [0.5, 0.6) is 0 Å². The van der Waals surface area contributed by atoms with E-state index in [1.807, 2.05) is 0 Å². The van der Waals surface area contributed by atoms with Gasteiger partial charge in [-0.25, -0.2) is 9.78 Å². The van der Waals surface area contributed by atoms with Gasteiger partial charge in [0, 0.05) is 17.8 Å². The van der Waals surface area contributed by atoms with Crippen LogP contribution in [-0.2, 0) is 9.53 Å². The molecule has 0 aliphatic carbocycles. The number of ether oxygens (including phenoxy) is 1. The Hall–Kier alpha value is -3.69. The molecule has 28 heavy (non-hydrogen) atoms. The number of amides is 1. The molecular formula is C18H19N5O5. The normalized spacial score (nSPS) is 15.8. The van der Waals surface area contributed by atoms with Gasteiger partial charge in [0.05, 0.1) is 29.0 Å². The Labute approximate surface area is 160 Å². The molecule has 0 radical (unpaired) electrons. The summed E-state index contributed by atoms with van der Waals surface area (Å²) < 4.78 is 6.91. The standard InChI is InChI=1S/C18H19N5O5/c1-9(2)28-18(25)13-10(3)21-17-14(16(19)24)20-8-22(17)15(13)11-5-4-6-12(7-11)23(26)27/h4-9,15,21H,1-3H3,(H2,19,24)/t15-/m0/s1. The number of hydrogen-bond acceptors (Lipinski definition) is 7. The Balaban J connectivity index is 2.21. The predicted octanol–water partition coefficient (Wildman–Crippen LogP) is 2.13. The van der Waals surface area contributed by atoms with E-state index in [-0.39, 0.29) is 23.1 Å². The molecule has 1 atom stereocenters. The van der Waals surface area contributed by atoms with Crippen LogP contribution in [0, 0.1) is 10.1 Å². The summed E-state index contributed by atoms with van der Waals surface area (Å²) in [6.07, 6.45) is 1.00. The van der Waals surface area contributed by atoms with Crippen molar-refractivity contribution in [2.75, 3.05) is 5.32 Å². The number of nitro benzene ring substituents is 1. The number of anilines is 1. The van der Waals surface area contributed by atoms with Gasteiger partial charge in [-0.05, 0) is 26.3 Å². The van der Waals surface area contributed by atoms with Crippen LogP contribution in [0.3, 0.4) is 0 Å². The van der Waals surface area contributed by atoms with Crippen LogP contribution in [0.4, 0.5) is 11.5 Å². The van der Waals surface area contributed by atoms with E-state index in [0.717, 1.165) is 0 Å². The first-order chi connectivity index (χ1) is 13.2. The van der Waals surface area contributed by atoms with Gasteiger partial charge in [0.15, 0.2) is 5.69 Å². The number of carbonyl (C=O) groups is 2. The zero-order chi connectivity index (χ0) is 20.6. The fourth-order valence-electron chi connectivity index (χ4n) is 3.13. The molecule has 3 rings (SSSR count). The molecule has 10 heteroatoms. The molecule has 0 spiro atoms. The Kier molecular flexibility index (Phi) is 4.87. The summed E-state index contributed by atoms with van der Waals surface area (Å²) in [5.74, 6) is -1.00. The van der Waals surface area contributed by atoms with Gasteiger partial charge in [-0.1, -0.05) is 12.1 Å². The second kappa shape index (κ2) is 7.14. The van der Waals surface area contributed by atoms with Crippen molar-refractivity contribution in [2.24, 2.45) is 5.73 Å². The van der Waals surface area contributed by atoms with Gasteiger partial charge in [-0.3, -0.25) is 14.9 Å². The first-order valence-corrected chi connectivity index (χ1v) is 8.50. The van der Waals surface area contributed by atoms with E-state index in [0.29, 0.717) is 17.1 Å². The number of primary amides is 1.